The van der Waals surface area contributed by atoms with Gasteiger partial charge in [-0.25, -0.2) is 13.2 Å². The first-order valence-electron chi connectivity index (χ1n) is 6.46. The lowest BCUT2D eigenvalue weighted by atomic mass is 9.92. The van der Waals surface area contributed by atoms with Gasteiger partial charge in [0.15, 0.2) is 0 Å². The van der Waals surface area contributed by atoms with Crippen LogP contribution in [0, 0.1) is 5.41 Å². The summed E-state index contributed by atoms with van der Waals surface area (Å²) >= 11 is 0. The number of amidine groups is 1. The molecule has 0 atom stereocenters. The Balaban J connectivity index is 3.20. The van der Waals surface area contributed by atoms with Crippen molar-refractivity contribution in [3.63, 3.8) is 0 Å². The first-order valence-corrected chi connectivity index (χ1v) is 6.46. The zero-order valence-corrected chi connectivity index (χ0v) is 12.5. The Kier molecular flexibility index (Phi) is 4.81. The Bertz CT molecular complexity index is 525. The number of rotatable bonds is 4. The van der Waals surface area contributed by atoms with Gasteiger partial charge in [0.2, 0.25) is 5.91 Å². The second kappa shape index (κ2) is 5.87. The molecule has 0 aliphatic carbocycles. The van der Waals surface area contributed by atoms with Gasteiger partial charge in [0, 0.05) is 12.5 Å². The summed E-state index contributed by atoms with van der Waals surface area (Å²) in [6.45, 7) is 4.66. The third-order valence-electron chi connectivity index (χ3n) is 2.88. The molecule has 116 valence electrons. The molecular formula is C15H19F3N2O. The smallest absolute Gasteiger partial charge is 0.270 e. The lowest BCUT2D eigenvalue weighted by Gasteiger charge is -2.20. The highest BCUT2D eigenvalue weighted by Gasteiger charge is 2.28. The van der Waals surface area contributed by atoms with Crippen molar-refractivity contribution in [2.75, 3.05) is 0 Å². The van der Waals surface area contributed by atoms with Crippen LogP contribution in [0.1, 0.15) is 44.4 Å². The lowest BCUT2D eigenvalue weighted by Crippen LogP contribution is -2.29. The Morgan fingerprint density at radius 1 is 1.14 bits per heavy atom. The monoisotopic (exact) mass is 300 g/mol. The van der Waals surface area contributed by atoms with Crippen molar-refractivity contribution >= 4 is 11.7 Å². The SMILES string of the molecule is CC(=N)NC(=O)Cc1cc(C(C)(C)F)cc(C(C)(F)F)c1. The van der Waals surface area contributed by atoms with E-state index in [9.17, 15) is 18.0 Å². The Morgan fingerprint density at radius 3 is 2.10 bits per heavy atom. The maximum Gasteiger partial charge on any atom is 0.270 e. The van der Waals surface area contributed by atoms with Crippen molar-refractivity contribution in [2.45, 2.75) is 45.7 Å². The molecule has 0 aliphatic rings. The molecule has 0 aliphatic heterocycles. The summed E-state index contributed by atoms with van der Waals surface area (Å²) in [6.07, 6.45) is -0.191. The number of halogens is 3. The van der Waals surface area contributed by atoms with Crippen LogP contribution in [0.25, 0.3) is 0 Å². The number of carbonyl (C=O) groups excluding carboxylic acids is 1. The third kappa shape index (κ3) is 5.21. The third-order valence-corrected chi connectivity index (χ3v) is 2.88. The van der Waals surface area contributed by atoms with Crippen LogP contribution >= 0.6 is 0 Å². The molecule has 2 N–H and O–H groups in total. The van der Waals surface area contributed by atoms with E-state index in [0.29, 0.717) is 0 Å². The van der Waals surface area contributed by atoms with Gasteiger partial charge in [-0.3, -0.25) is 10.2 Å². The lowest BCUT2D eigenvalue weighted by molar-refractivity contribution is -0.119. The van der Waals surface area contributed by atoms with Crippen molar-refractivity contribution in [1.29, 1.82) is 5.41 Å². The number of carbonyl (C=O) groups is 1. The van der Waals surface area contributed by atoms with Gasteiger partial charge in [-0.05, 0) is 44.0 Å². The predicted molar refractivity (Wildman–Crippen MR) is 75.4 cm³/mol. The normalized spacial score (nSPS) is 12.1. The minimum Gasteiger partial charge on any atom is -0.315 e. The molecule has 0 radical (unpaired) electrons. The van der Waals surface area contributed by atoms with E-state index in [2.05, 4.69) is 5.32 Å². The number of alkyl halides is 3. The molecule has 1 rings (SSSR count). The predicted octanol–water partition coefficient (Wildman–Crippen LogP) is 3.66. The van der Waals surface area contributed by atoms with E-state index in [1.165, 1.54) is 32.9 Å². The van der Waals surface area contributed by atoms with Gasteiger partial charge in [-0.15, -0.1) is 0 Å². The van der Waals surface area contributed by atoms with Crippen molar-refractivity contribution in [3.05, 3.63) is 34.9 Å². The topological polar surface area (TPSA) is 53.0 Å². The Labute approximate surface area is 122 Å². The molecule has 0 spiro atoms. The van der Waals surface area contributed by atoms with Crippen molar-refractivity contribution in [3.8, 4) is 0 Å². The molecule has 1 amide bonds. The van der Waals surface area contributed by atoms with Crippen LogP contribution in [0.2, 0.25) is 0 Å². The first kappa shape index (κ1) is 17.2. The molecule has 3 nitrogen and oxygen atoms in total. The van der Waals surface area contributed by atoms with Gasteiger partial charge in [0.1, 0.15) is 5.67 Å². The van der Waals surface area contributed by atoms with E-state index in [1.807, 2.05) is 0 Å². The van der Waals surface area contributed by atoms with E-state index in [-0.39, 0.29) is 28.9 Å². The maximum absolute atomic E-state index is 14.0. The van der Waals surface area contributed by atoms with Crippen molar-refractivity contribution < 1.29 is 18.0 Å². The fourth-order valence-corrected chi connectivity index (χ4v) is 1.83. The number of amides is 1. The molecular weight excluding hydrogens is 281 g/mol. The Hall–Kier alpha value is -1.85. The van der Waals surface area contributed by atoms with Crippen LogP contribution in [-0.2, 0) is 22.8 Å². The summed E-state index contributed by atoms with van der Waals surface area (Å²) in [6, 6.07) is 3.70. The molecule has 0 fully saturated rings. The second-order valence-corrected chi connectivity index (χ2v) is 5.63. The van der Waals surface area contributed by atoms with Gasteiger partial charge in [-0.2, -0.15) is 0 Å². The number of nitrogens with one attached hydrogen (secondary N) is 2. The fraction of sp³-hybridized carbons (Fsp3) is 0.467. The zero-order chi connectivity index (χ0) is 16.4. The second-order valence-electron chi connectivity index (χ2n) is 5.63. The molecule has 0 saturated carbocycles. The highest BCUT2D eigenvalue weighted by molar-refractivity contribution is 5.96. The van der Waals surface area contributed by atoms with Crippen LogP contribution in [0.15, 0.2) is 18.2 Å². The maximum atomic E-state index is 14.0. The van der Waals surface area contributed by atoms with Gasteiger partial charge < -0.3 is 5.32 Å². The summed E-state index contributed by atoms with van der Waals surface area (Å²) in [4.78, 5) is 11.6. The summed E-state index contributed by atoms with van der Waals surface area (Å²) in [5.74, 6) is -3.66. The summed E-state index contributed by atoms with van der Waals surface area (Å²) in [5, 5.41) is 9.43. The molecule has 6 heteroatoms. The van der Waals surface area contributed by atoms with Crippen molar-refractivity contribution in [2.24, 2.45) is 0 Å². The van der Waals surface area contributed by atoms with Gasteiger partial charge in [0.05, 0.1) is 12.3 Å². The van der Waals surface area contributed by atoms with Crippen LogP contribution in [0.4, 0.5) is 13.2 Å². The summed E-state index contributed by atoms with van der Waals surface area (Å²) in [7, 11) is 0. The molecule has 0 unspecified atom stereocenters. The van der Waals surface area contributed by atoms with E-state index >= 15 is 0 Å². The van der Waals surface area contributed by atoms with Gasteiger partial charge in [-0.1, -0.05) is 6.07 Å². The van der Waals surface area contributed by atoms with Crippen LogP contribution in [-0.4, -0.2) is 11.7 Å². The summed E-state index contributed by atoms with van der Waals surface area (Å²) in [5.41, 5.74) is -1.74. The molecule has 0 saturated heterocycles. The minimum atomic E-state index is -3.12. The number of benzene rings is 1. The number of hydrogen-bond acceptors (Lipinski definition) is 2. The standard InChI is InChI=1S/C15H19F3N2O/c1-9(19)20-13(21)7-10-5-11(14(2,3)16)8-12(6-10)15(4,17)18/h5-6,8H,7H2,1-4H3,(H2,19,20,21). The minimum absolute atomic E-state index is 0.0389. The highest BCUT2D eigenvalue weighted by atomic mass is 19.3. The highest BCUT2D eigenvalue weighted by Crippen LogP contribution is 2.33. The molecule has 1 aromatic carbocycles. The molecule has 1 aromatic rings. The van der Waals surface area contributed by atoms with Gasteiger partial charge >= 0.3 is 0 Å². The molecule has 0 heterocycles. The quantitative estimate of drug-likeness (QED) is 0.647. The van der Waals surface area contributed by atoms with Crippen molar-refractivity contribution in [1.82, 2.24) is 5.32 Å². The van der Waals surface area contributed by atoms with E-state index in [0.717, 1.165) is 13.0 Å². The fourth-order valence-electron chi connectivity index (χ4n) is 1.83. The molecule has 0 aromatic heterocycles. The largest absolute Gasteiger partial charge is 0.315 e. The molecule has 21 heavy (non-hydrogen) atoms. The van der Waals surface area contributed by atoms with Gasteiger partial charge in [0.25, 0.3) is 5.92 Å². The van der Waals surface area contributed by atoms with Crippen LogP contribution in [0.5, 0.6) is 0 Å². The van der Waals surface area contributed by atoms with E-state index in [4.69, 9.17) is 5.41 Å². The average molecular weight is 300 g/mol. The van der Waals surface area contributed by atoms with E-state index < -0.39 is 17.5 Å². The first-order chi connectivity index (χ1) is 9.39. The average Bonchev–Trinajstić information content (AvgIpc) is 2.24. The van der Waals surface area contributed by atoms with Crippen LogP contribution in [0.3, 0.4) is 0 Å². The number of hydrogen-bond donors (Lipinski definition) is 2. The molecule has 0 bridgehead atoms. The Morgan fingerprint density at radius 2 is 1.67 bits per heavy atom. The van der Waals surface area contributed by atoms with E-state index in [1.54, 1.807) is 0 Å². The zero-order valence-electron chi connectivity index (χ0n) is 12.5. The summed E-state index contributed by atoms with van der Waals surface area (Å²) < 4.78 is 41.0. The van der Waals surface area contributed by atoms with Crippen LogP contribution < -0.4 is 5.32 Å².